The largest absolute Gasteiger partial charge is 0.383 e. The first kappa shape index (κ1) is 10.1. The van der Waals surface area contributed by atoms with Crippen LogP contribution in [-0.2, 0) is 0 Å². The Morgan fingerprint density at radius 3 is 2.73 bits per heavy atom. The highest BCUT2D eigenvalue weighted by molar-refractivity contribution is 7.17. The molecule has 1 heterocycles. The molecule has 0 saturated carbocycles. The molecule has 0 radical (unpaired) electrons. The number of aromatic nitrogens is 1. The Hall–Kier alpha value is -1.39. The monoisotopic (exact) mass is 237 g/mol. The molecule has 1 aromatic heterocycles. The van der Waals surface area contributed by atoms with Gasteiger partial charge in [-0.15, -0.1) is 11.3 Å². The number of hydrogen-bond donors (Lipinski definition) is 2. The van der Waals surface area contributed by atoms with Gasteiger partial charge in [-0.2, -0.15) is 0 Å². The molecular formula is C10H8ClN3S. The van der Waals surface area contributed by atoms with Crippen molar-refractivity contribution >= 4 is 28.8 Å². The van der Waals surface area contributed by atoms with Crippen LogP contribution in [0.2, 0.25) is 5.02 Å². The first-order valence-corrected chi connectivity index (χ1v) is 5.43. The molecule has 0 bridgehead atoms. The molecule has 76 valence electrons. The second-order valence-electron chi connectivity index (χ2n) is 2.92. The number of hydrogen-bond acceptors (Lipinski definition) is 3. The van der Waals surface area contributed by atoms with E-state index >= 15 is 0 Å². The first-order valence-electron chi connectivity index (χ1n) is 4.23. The van der Waals surface area contributed by atoms with E-state index in [0.29, 0.717) is 9.90 Å². The number of benzene rings is 1. The van der Waals surface area contributed by atoms with E-state index in [1.54, 1.807) is 6.20 Å². The van der Waals surface area contributed by atoms with Crippen LogP contribution in [0.25, 0.3) is 10.6 Å². The van der Waals surface area contributed by atoms with Crippen molar-refractivity contribution in [3.05, 3.63) is 40.4 Å². The summed E-state index contributed by atoms with van der Waals surface area (Å²) in [5.74, 6) is 0.0332. The highest BCUT2D eigenvalue weighted by atomic mass is 35.5. The fourth-order valence-electron chi connectivity index (χ4n) is 1.16. The molecule has 0 amide bonds. The summed E-state index contributed by atoms with van der Waals surface area (Å²) < 4.78 is 0. The van der Waals surface area contributed by atoms with Crippen molar-refractivity contribution in [2.75, 3.05) is 0 Å². The minimum Gasteiger partial charge on any atom is -0.383 e. The topological polar surface area (TPSA) is 62.8 Å². The fraction of sp³-hybridized carbons (Fsp3) is 0. The van der Waals surface area contributed by atoms with Gasteiger partial charge in [0.15, 0.2) is 0 Å². The summed E-state index contributed by atoms with van der Waals surface area (Å²) in [5, 5.41) is 8.72. The summed E-state index contributed by atoms with van der Waals surface area (Å²) in [4.78, 5) is 4.84. The third kappa shape index (κ3) is 2.00. The van der Waals surface area contributed by atoms with Gasteiger partial charge >= 0.3 is 0 Å². The third-order valence-electron chi connectivity index (χ3n) is 1.88. The lowest BCUT2D eigenvalue weighted by atomic mass is 10.2. The van der Waals surface area contributed by atoms with E-state index in [0.717, 1.165) is 10.6 Å². The van der Waals surface area contributed by atoms with Gasteiger partial charge in [0.2, 0.25) is 0 Å². The third-order valence-corrected chi connectivity index (χ3v) is 3.27. The average Bonchev–Trinajstić information content (AvgIpc) is 2.67. The van der Waals surface area contributed by atoms with Crippen LogP contribution >= 0.6 is 22.9 Å². The second-order valence-corrected chi connectivity index (χ2v) is 4.36. The highest BCUT2D eigenvalue weighted by Crippen LogP contribution is 2.30. The van der Waals surface area contributed by atoms with E-state index < -0.39 is 0 Å². The lowest BCUT2D eigenvalue weighted by Crippen LogP contribution is -2.08. The molecule has 0 aliphatic rings. The van der Waals surface area contributed by atoms with Gasteiger partial charge in [0.25, 0.3) is 0 Å². The predicted molar refractivity (Wildman–Crippen MR) is 63.6 cm³/mol. The lowest BCUT2D eigenvalue weighted by Gasteiger charge is -1.97. The fourth-order valence-corrected chi connectivity index (χ4v) is 2.26. The Bertz CT molecular complexity index is 507. The summed E-state index contributed by atoms with van der Waals surface area (Å²) in [7, 11) is 0. The first-order chi connectivity index (χ1) is 7.18. The summed E-state index contributed by atoms with van der Waals surface area (Å²) in [6.45, 7) is 0. The normalized spacial score (nSPS) is 10.2. The van der Waals surface area contributed by atoms with Gasteiger partial charge in [0, 0.05) is 11.8 Å². The molecule has 0 unspecified atom stereocenters. The van der Waals surface area contributed by atoms with Crippen molar-refractivity contribution in [3.63, 3.8) is 0 Å². The van der Waals surface area contributed by atoms with Gasteiger partial charge in [-0.05, 0) is 6.07 Å². The Kier molecular flexibility index (Phi) is 2.70. The summed E-state index contributed by atoms with van der Waals surface area (Å²) in [5.41, 5.74) is 6.24. The van der Waals surface area contributed by atoms with Gasteiger partial charge in [-0.1, -0.05) is 29.8 Å². The number of halogens is 1. The number of amidine groups is 1. The number of nitrogen functional groups attached to an aromatic ring is 1. The number of thiazole rings is 1. The molecule has 3 nitrogen and oxygen atoms in total. The Balaban J connectivity index is 2.46. The molecule has 2 aromatic rings. The molecule has 0 saturated heterocycles. The van der Waals surface area contributed by atoms with Gasteiger partial charge in [0.1, 0.15) is 10.8 Å². The van der Waals surface area contributed by atoms with Gasteiger partial charge < -0.3 is 5.73 Å². The van der Waals surface area contributed by atoms with E-state index in [9.17, 15) is 0 Å². The van der Waals surface area contributed by atoms with Crippen LogP contribution < -0.4 is 5.73 Å². The maximum Gasteiger partial charge on any atom is 0.134 e. The van der Waals surface area contributed by atoms with Crippen molar-refractivity contribution in [1.29, 1.82) is 5.41 Å². The Morgan fingerprint density at radius 2 is 2.13 bits per heavy atom. The average molecular weight is 238 g/mol. The molecule has 0 spiro atoms. The maximum atomic E-state index is 7.28. The van der Waals surface area contributed by atoms with Crippen molar-refractivity contribution in [1.82, 2.24) is 4.98 Å². The standard InChI is InChI=1S/C10H8ClN3S/c11-7-4-2-1-3-6(7)10-14-5-8(15-10)9(12)13/h1-5H,(H3,12,13). The van der Waals surface area contributed by atoms with Crippen molar-refractivity contribution in [3.8, 4) is 10.6 Å². The zero-order valence-corrected chi connectivity index (χ0v) is 9.27. The predicted octanol–water partition coefficient (Wildman–Crippen LogP) is 2.75. The molecule has 0 fully saturated rings. The number of nitrogens with two attached hydrogens (primary N) is 1. The van der Waals surface area contributed by atoms with Crippen molar-refractivity contribution in [2.24, 2.45) is 5.73 Å². The minimum absolute atomic E-state index is 0.0332. The Labute approximate surface area is 96.0 Å². The molecule has 5 heteroatoms. The quantitative estimate of drug-likeness (QED) is 0.623. The van der Waals surface area contributed by atoms with Crippen LogP contribution in [0, 0.1) is 5.41 Å². The van der Waals surface area contributed by atoms with Crippen LogP contribution in [0.4, 0.5) is 0 Å². The zero-order chi connectivity index (χ0) is 10.8. The van der Waals surface area contributed by atoms with Gasteiger partial charge in [0.05, 0.1) is 9.90 Å². The lowest BCUT2D eigenvalue weighted by molar-refractivity contribution is 1.39. The smallest absolute Gasteiger partial charge is 0.134 e. The van der Waals surface area contributed by atoms with E-state index in [2.05, 4.69) is 4.98 Å². The number of nitrogens with one attached hydrogen (secondary N) is 1. The molecule has 15 heavy (non-hydrogen) atoms. The number of nitrogens with zero attached hydrogens (tertiary/aromatic N) is 1. The molecule has 0 aliphatic heterocycles. The van der Waals surface area contributed by atoms with E-state index in [1.165, 1.54) is 11.3 Å². The SMILES string of the molecule is N=C(N)c1cnc(-c2ccccc2Cl)s1. The zero-order valence-electron chi connectivity index (χ0n) is 7.70. The maximum absolute atomic E-state index is 7.28. The van der Waals surface area contributed by atoms with Crippen molar-refractivity contribution in [2.45, 2.75) is 0 Å². The van der Waals surface area contributed by atoms with E-state index in [1.807, 2.05) is 24.3 Å². The minimum atomic E-state index is 0.0332. The molecule has 3 N–H and O–H groups in total. The second kappa shape index (κ2) is 4.00. The van der Waals surface area contributed by atoms with Crippen LogP contribution in [0.15, 0.2) is 30.5 Å². The van der Waals surface area contributed by atoms with Gasteiger partial charge in [-0.25, -0.2) is 4.98 Å². The molecule has 1 aromatic carbocycles. The van der Waals surface area contributed by atoms with E-state index in [4.69, 9.17) is 22.7 Å². The summed E-state index contributed by atoms with van der Waals surface area (Å²) >= 11 is 7.39. The highest BCUT2D eigenvalue weighted by Gasteiger charge is 2.08. The number of rotatable bonds is 2. The van der Waals surface area contributed by atoms with Crippen LogP contribution in [-0.4, -0.2) is 10.8 Å². The molecule has 0 atom stereocenters. The molecule has 0 aliphatic carbocycles. The van der Waals surface area contributed by atoms with E-state index in [-0.39, 0.29) is 5.84 Å². The van der Waals surface area contributed by atoms with Crippen LogP contribution in [0.3, 0.4) is 0 Å². The molecule has 2 rings (SSSR count). The Morgan fingerprint density at radius 1 is 1.40 bits per heavy atom. The van der Waals surface area contributed by atoms with Gasteiger partial charge in [-0.3, -0.25) is 5.41 Å². The van der Waals surface area contributed by atoms with Crippen LogP contribution in [0.1, 0.15) is 4.88 Å². The molecular weight excluding hydrogens is 230 g/mol. The summed E-state index contributed by atoms with van der Waals surface area (Å²) in [6.07, 6.45) is 1.59. The van der Waals surface area contributed by atoms with Crippen LogP contribution in [0.5, 0.6) is 0 Å². The van der Waals surface area contributed by atoms with Crippen molar-refractivity contribution < 1.29 is 0 Å². The summed E-state index contributed by atoms with van der Waals surface area (Å²) in [6, 6.07) is 7.47.